The van der Waals surface area contributed by atoms with Crippen LogP contribution in [0, 0.1) is 11.8 Å². The summed E-state index contributed by atoms with van der Waals surface area (Å²) in [5.41, 5.74) is 1.14. The third-order valence-corrected chi connectivity index (χ3v) is 7.01. The van der Waals surface area contributed by atoms with E-state index in [0.717, 1.165) is 24.8 Å². The lowest BCUT2D eigenvalue weighted by Gasteiger charge is -2.20. The Bertz CT molecular complexity index is 862. The predicted molar refractivity (Wildman–Crippen MR) is 150 cm³/mol. The standard InChI is InChI=1S/C30H44ClNO6/c1-2-32-29(35)15-9-4-3-8-14-25-26(28(34)22-27(25)33)19-18-24(17-16-23-12-6-5-7-13-23)38-30(36)37-21-11-10-20-31/h3,5-8,12-13,18-19,24-28,33-34H,2,4,9-11,14-17,20-22H2,1H3,(H,32,35)/b8-3-,19-18+/t24-,25+,26+,27-,28+/m0/s1. The summed E-state index contributed by atoms with van der Waals surface area (Å²) < 4.78 is 10.8. The van der Waals surface area contributed by atoms with Gasteiger partial charge < -0.3 is 25.0 Å². The van der Waals surface area contributed by atoms with Gasteiger partial charge in [-0.3, -0.25) is 4.79 Å². The smallest absolute Gasteiger partial charge is 0.434 e. The molecule has 0 aromatic heterocycles. The third kappa shape index (κ3) is 12.5. The van der Waals surface area contributed by atoms with Crippen LogP contribution in [0.5, 0.6) is 0 Å². The fraction of sp³-hybridized carbons (Fsp3) is 0.600. The van der Waals surface area contributed by atoms with Crippen molar-refractivity contribution < 1.29 is 29.3 Å². The Labute approximate surface area is 232 Å². The highest BCUT2D eigenvalue weighted by molar-refractivity contribution is 6.17. The molecule has 1 saturated carbocycles. The molecule has 1 aliphatic rings. The number of allylic oxidation sites excluding steroid dienone is 2. The van der Waals surface area contributed by atoms with Gasteiger partial charge in [0.1, 0.15) is 6.10 Å². The second-order valence-corrected chi connectivity index (χ2v) is 10.1. The molecule has 3 N–H and O–H groups in total. The molecule has 5 atom stereocenters. The molecule has 38 heavy (non-hydrogen) atoms. The molecule has 1 amide bonds. The van der Waals surface area contributed by atoms with Crippen LogP contribution in [0.3, 0.4) is 0 Å². The molecule has 212 valence electrons. The van der Waals surface area contributed by atoms with E-state index in [1.807, 2.05) is 61.6 Å². The van der Waals surface area contributed by atoms with Gasteiger partial charge in [0.15, 0.2) is 0 Å². The van der Waals surface area contributed by atoms with Gasteiger partial charge in [0.25, 0.3) is 0 Å². The lowest BCUT2D eigenvalue weighted by Crippen LogP contribution is -2.22. The minimum absolute atomic E-state index is 0.0589. The highest BCUT2D eigenvalue weighted by Crippen LogP contribution is 2.36. The molecule has 0 radical (unpaired) electrons. The summed E-state index contributed by atoms with van der Waals surface area (Å²) in [7, 11) is 0. The Balaban J connectivity index is 1.96. The maximum atomic E-state index is 12.3. The quantitative estimate of drug-likeness (QED) is 0.105. The van der Waals surface area contributed by atoms with Crippen molar-refractivity contribution >= 4 is 23.7 Å². The number of halogens is 1. The highest BCUT2D eigenvalue weighted by Gasteiger charge is 2.39. The molecular weight excluding hydrogens is 506 g/mol. The number of aliphatic hydroxyl groups is 2. The Morgan fingerprint density at radius 1 is 1.13 bits per heavy atom. The maximum absolute atomic E-state index is 12.3. The summed E-state index contributed by atoms with van der Waals surface area (Å²) in [4.78, 5) is 23.8. The van der Waals surface area contributed by atoms with Crippen LogP contribution in [-0.4, -0.2) is 59.6 Å². The summed E-state index contributed by atoms with van der Waals surface area (Å²) in [5, 5.41) is 24.0. The van der Waals surface area contributed by atoms with Crippen LogP contribution in [0.2, 0.25) is 0 Å². The molecule has 0 bridgehead atoms. The second-order valence-electron chi connectivity index (χ2n) is 9.72. The van der Waals surface area contributed by atoms with Gasteiger partial charge in [0, 0.05) is 31.2 Å². The summed E-state index contributed by atoms with van der Waals surface area (Å²) in [6.07, 6.45) is 10.9. The molecule has 1 aliphatic carbocycles. The lowest BCUT2D eigenvalue weighted by atomic mass is 9.89. The van der Waals surface area contributed by atoms with E-state index in [2.05, 4.69) is 5.32 Å². The van der Waals surface area contributed by atoms with Crippen LogP contribution in [-0.2, 0) is 20.7 Å². The van der Waals surface area contributed by atoms with Gasteiger partial charge >= 0.3 is 6.16 Å². The number of ether oxygens (including phenoxy) is 2. The second kappa shape index (κ2) is 18.8. The first-order chi connectivity index (χ1) is 18.4. The van der Waals surface area contributed by atoms with E-state index in [9.17, 15) is 19.8 Å². The van der Waals surface area contributed by atoms with Crippen molar-refractivity contribution in [2.45, 2.75) is 83.0 Å². The number of unbranched alkanes of at least 4 members (excludes halogenated alkanes) is 2. The van der Waals surface area contributed by atoms with Crippen molar-refractivity contribution in [3.8, 4) is 0 Å². The van der Waals surface area contributed by atoms with E-state index in [4.69, 9.17) is 21.1 Å². The first-order valence-corrected chi connectivity index (χ1v) is 14.4. The van der Waals surface area contributed by atoms with E-state index < -0.39 is 24.5 Å². The zero-order valence-electron chi connectivity index (χ0n) is 22.5. The van der Waals surface area contributed by atoms with Crippen molar-refractivity contribution in [1.29, 1.82) is 0 Å². The van der Waals surface area contributed by atoms with Crippen molar-refractivity contribution in [3.63, 3.8) is 0 Å². The van der Waals surface area contributed by atoms with Gasteiger partial charge in [-0.05, 0) is 69.4 Å². The number of aliphatic hydroxyl groups excluding tert-OH is 2. The van der Waals surface area contributed by atoms with Crippen LogP contribution < -0.4 is 5.32 Å². The number of hydrogen-bond donors (Lipinski definition) is 3. The molecule has 0 unspecified atom stereocenters. The van der Waals surface area contributed by atoms with E-state index in [0.29, 0.717) is 50.9 Å². The number of carbonyl (C=O) groups excluding carboxylic acids is 2. The molecule has 1 fully saturated rings. The van der Waals surface area contributed by atoms with Crippen molar-refractivity contribution in [1.82, 2.24) is 5.32 Å². The Hall–Kier alpha value is -2.35. The van der Waals surface area contributed by atoms with Crippen LogP contribution in [0.15, 0.2) is 54.6 Å². The minimum Gasteiger partial charge on any atom is -0.434 e. The van der Waals surface area contributed by atoms with E-state index in [-0.39, 0.29) is 24.3 Å². The fourth-order valence-electron chi connectivity index (χ4n) is 4.65. The van der Waals surface area contributed by atoms with Crippen LogP contribution >= 0.6 is 11.6 Å². The Kier molecular flexibility index (Phi) is 15.8. The minimum atomic E-state index is -0.721. The zero-order valence-corrected chi connectivity index (χ0v) is 23.2. The van der Waals surface area contributed by atoms with E-state index in [1.165, 1.54) is 0 Å². The van der Waals surface area contributed by atoms with Gasteiger partial charge in [0.05, 0.1) is 18.8 Å². The predicted octanol–water partition coefficient (Wildman–Crippen LogP) is 5.33. The SMILES string of the molecule is CCNC(=O)CCC/C=C\C[C@@H]1[C@@H](/C=C/[C@H](CCc2ccccc2)OC(=O)OCCCCCl)[C@H](O)C[C@@H]1O. The van der Waals surface area contributed by atoms with E-state index in [1.54, 1.807) is 0 Å². The Morgan fingerprint density at radius 3 is 2.66 bits per heavy atom. The molecule has 2 rings (SSSR count). The number of rotatable bonds is 17. The number of aryl methyl sites for hydroxylation is 1. The first kappa shape index (κ1) is 31.9. The molecule has 0 aliphatic heterocycles. The fourth-order valence-corrected chi connectivity index (χ4v) is 4.84. The molecule has 1 aromatic carbocycles. The number of amides is 1. The summed E-state index contributed by atoms with van der Waals surface area (Å²) in [6.45, 7) is 2.79. The summed E-state index contributed by atoms with van der Waals surface area (Å²) in [5.74, 6) is 0.178. The normalized spacial score (nSPS) is 22.1. The molecule has 0 saturated heterocycles. The Morgan fingerprint density at radius 2 is 1.92 bits per heavy atom. The van der Waals surface area contributed by atoms with E-state index >= 15 is 0 Å². The molecule has 0 spiro atoms. The number of carbonyl (C=O) groups is 2. The summed E-state index contributed by atoms with van der Waals surface area (Å²) in [6, 6.07) is 9.96. The first-order valence-electron chi connectivity index (χ1n) is 13.8. The van der Waals surface area contributed by atoms with Crippen molar-refractivity contribution in [2.75, 3.05) is 19.0 Å². The summed E-state index contributed by atoms with van der Waals surface area (Å²) >= 11 is 5.68. The number of alkyl halides is 1. The zero-order chi connectivity index (χ0) is 27.6. The molecule has 7 nitrogen and oxygen atoms in total. The van der Waals surface area contributed by atoms with Crippen molar-refractivity contribution in [2.24, 2.45) is 11.8 Å². The monoisotopic (exact) mass is 549 g/mol. The number of nitrogens with one attached hydrogen (secondary N) is 1. The molecule has 8 heteroatoms. The van der Waals surface area contributed by atoms with Crippen LogP contribution in [0.1, 0.15) is 63.9 Å². The van der Waals surface area contributed by atoms with Crippen LogP contribution in [0.25, 0.3) is 0 Å². The lowest BCUT2D eigenvalue weighted by molar-refractivity contribution is -0.121. The van der Waals surface area contributed by atoms with Gasteiger partial charge in [-0.15, -0.1) is 11.6 Å². The van der Waals surface area contributed by atoms with Gasteiger partial charge in [-0.1, -0.05) is 48.6 Å². The largest absolute Gasteiger partial charge is 0.508 e. The van der Waals surface area contributed by atoms with Gasteiger partial charge in [-0.2, -0.15) is 0 Å². The average molecular weight is 550 g/mol. The van der Waals surface area contributed by atoms with Gasteiger partial charge in [-0.25, -0.2) is 4.79 Å². The maximum Gasteiger partial charge on any atom is 0.508 e. The topological polar surface area (TPSA) is 105 Å². The average Bonchev–Trinajstić information content (AvgIpc) is 3.17. The van der Waals surface area contributed by atoms with Crippen LogP contribution in [0.4, 0.5) is 4.79 Å². The highest BCUT2D eigenvalue weighted by atomic mass is 35.5. The van der Waals surface area contributed by atoms with Crippen molar-refractivity contribution in [3.05, 3.63) is 60.2 Å². The van der Waals surface area contributed by atoms with Gasteiger partial charge in [0.2, 0.25) is 5.91 Å². The number of hydrogen-bond acceptors (Lipinski definition) is 6. The molecule has 0 heterocycles. The third-order valence-electron chi connectivity index (χ3n) is 6.74. The molecule has 1 aromatic rings. The number of benzene rings is 1. The molecular formula is C30H44ClNO6.